The number of rotatable bonds is 1. The zero-order chi connectivity index (χ0) is 10.4. The predicted molar refractivity (Wildman–Crippen MR) is 46.8 cm³/mol. The number of aromatic nitrogens is 2. The molecule has 0 bridgehead atoms. The summed E-state index contributed by atoms with van der Waals surface area (Å²) in [6, 6.07) is 0. The Labute approximate surface area is 78.2 Å². The van der Waals surface area contributed by atoms with Crippen LogP contribution in [0.2, 0.25) is 0 Å². The van der Waals surface area contributed by atoms with Crippen LogP contribution in [-0.2, 0) is 18.3 Å². The molecule has 0 aliphatic rings. The van der Waals surface area contributed by atoms with Crippen molar-refractivity contribution in [1.29, 1.82) is 0 Å². The third kappa shape index (κ3) is 5.00. The number of nitrogens with one attached hydrogen (secondary N) is 1. The summed E-state index contributed by atoms with van der Waals surface area (Å²) in [7, 11) is 2.05. The summed E-state index contributed by atoms with van der Waals surface area (Å²) in [4.78, 5) is 12.1. The molecular weight excluding hydrogens is 168 g/mol. The fourth-order valence-electron chi connectivity index (χ4n) is 0.863. The van der Waals surface area contributed by atoms with Gasteiger partial charge in [-0.2, -0.15) is 0 Å². The molecular formula is C9H16N2O2. The number of imidazole rings is 1. The number of aliphatic carboxylic acids is 1. The Morgan fingerprint density at radius 2 is 2.15 bits per heavy atom. The summed E-state index contributed by atoms with van der Waals surface area (Å²) in [5.74, 6) is 0.131. The van der Waals surface area contributed by atoms with Gasteiger partial charge in [0.25, 0.3) is 5.82 Å². The van der Waals surface area contributed by atoms with E-state index >= 15 is 0 Å². The number of carbonyl (C=O) groups is 1. The Morgan fingerprint density at radius 3 is 2.31 bits per heavy atom. The van der Waals surface area contributed by atoms with Crippen molar-refractivity contribution in [2.75, 3.05) is 0 Å². The molecule has 0 spiro atoms. The minimum Gasteiger partial charge on any atom is -0.550 e. The van der Waals surface area contributed by atoms with E-state index in [4.69, 9.17) is 9.90 Å². The van der Waals surface area contributed by atoms with Gasteiger partial charge < -0.3 is 9.90 Å². The van der Waals surface area contributed by atoms with E-state index in [1.807, 2.05) is 7.05 Å². The maximum Gasteiger partial charge on any atom is 0.251 e. The van der Waals surface area contributed by atoms with Crippen molar-refractivity contribution < 1.29 is 14.5 Å². The van der Waals surface area contributed by atoms with Crippen molar-refractivity contribution in [2.45, 2.75) is 27.2 Å². The Hall–Kier alpha value is -1.32. The fourth-order valence-corrected chi connectivity index (χ4v) is 0.863. The number of aryl methyl sites for hydroxylation is 3. The van der Waals surface area contributed by atoms with E-state index in [9.17, 15) is 0 Å². The minimum atomic E-state index is -1.08. The van der Waals surface area contributed by atoms with E-state index < -0.39 is 5.97 Å². The second kappa shape index (κ2) is 5.35. The second-order valence-corrected chi connectivity index (χ2v) is 2.82. The maximum atomic E-state index is 8.89. The number of carbonyl (C=O) groups excluding carboxylic acids is 1. The molecule has 1 heterocycles. The molecule has 4 heteroatoms. The van der Waals surface area contributed by atoms with Gasteiger partial charge >= 0.3 is 0 Å². The van der Waals surface area contributed by atoms with E-state index in [0.29, 0.717) is 0 Å². The predicted octanol–water partition coefficient (Wildman–Crippen LogP) is -0.534. The number of carboxylic acid groups (broad SMARTS) is 1. The van der Waals surface area contributed by atoms with Crippen LogP contribution in [-0.4, -0.2) is 11.0 Å². The first-order chi connectivity index (χ1) is 5.97. The van der Waals surface area contributed by atoms with E-state index in [1.165, 1.54) is 11.5 Å². The first kappa shape index (κ1) is 11.7. The third-order valence-electron chi connectivity index (χ3n) is 1.60. The van der Waals surface area contributed by atoms with Crippen molar-refractivity contribution in [1.82, 2.24) is 4.98 Å². The highest BCUT2D eigenvalue weighted by atomic mass is 16.4. The van der Waals surface area contributed by atoms with Crippen molar-refractivity contribution in [3.05, 3.63) is 17.7 Å². The molecule has 0 aliphatic heterocycles. The largest absolute Gasteiger partial charge is 0.550 e. The van der Waals surface area contributed by atoms with Gasteiger partial charge in [-0.05, 0) is 6.92 Å². The molecule has 74 valence electrons. The number of carboxylic acids is 1. The molecule has 0 aromatic carbocycles. The van der Waals surface area contributed by atoms with Crippen molar-refractivity contribution >= 4 is 5.97 Å². The Bertz CT molecular complexity index is 256. The van der Waals surface area contributed by atoms with Crippen LogP contribution in [0, 0.1) is 6.92 Å². The molecule has 0 saturated heterocycles. The van der Waals surface area contributed by atoms with E-state index in [0.717, 1.165) is 13.3 Å². The number of hydrogen-bond donors (Lipinski definition) is 1. The maximum absolute atomic E-state index is 8.89. The lowest BCUT2D eigenvalue weighted by molar-refractivity contribution is -0.676. The second-order valence-electron chi connectivity index (χ2n) is 2.82. The number of nitrogens with zero attached hydrogens (tertiary/aromatic N) is 1. The third-order valence-corrected chi connectivity index (χ3v) is 1.60. The molecule has 0 atom stereocenters. The van der Waals surface area contributed by atoms with Crippen molar-refractivity contribution in [3.8, 4) is 0 Å². The van der Waals surface area contributed by atoms with Crippen LogP contribution >= 0.6 is 0 Å². The molecule has 0 amide bonds. The summed E-state index contributed by atoms with van der Waals surface area (Å²) in [5.41, 5.74) is 1.30. The molecule has 0 radical (unpaired) electrons. The molecule has 13 heavy (non-hydrogen) atoms. The lowest BCUT2D eigenvalue weighted by Gasteiger charge is -1.77. The molecule has 1 rings (SSSR count). The van der Waals surface area contributed by atoms with Crippen LogP contribution in [0.4, 0.5) is 0 Å². The summed E-state index contributed by atoms with van der Waals surface area (Å²) in [6.07, 6.45) is 3.21. The minimum absolute atomic E-state index is 0.972. The highest BCUT2D eigenvalue weighted by Gasteiger charge is 2.03. The summed E-state index contributed by atoms with van der Waals surface area (Å²) in [6.45, 7) is 5.18. The van der Waals surface area contributed by atoms with Crippen LogP contribution < -0.4 is 9.67 Å². The number of hydrogen-bond acceptors (Lipinski definition) is 2. The van der Waals surface area contributed by atoms with Gasteiger partial charge in [0.1, 0.15) is 11.9 Å². The molecule has 1 aromatic rings. The van der Waals surface area contributed by atoms with Crippen molar-refractivity contribution in [2.24, 2.45) is 7.05 Å². The van der Waals surface area contributed by atoms with Crippen molar-refractivity contribution in [3.63, 3.8) is 0 Å². The van der Waals surface area contributed by atoms with Gasteiger partial charge in [0, 0.05) is 19.3 Å². The first-order valence-corrected chi connectivity index (χ1v) is 4.19. The van der Waals surface area contributed by atoms with Gasteiger partial charge in [-0.3, -0.25) is 0 Å². The zero-order valence-corrected chi connectivity index (χ0v) is 8.55. The number of H-pyrrole nitrogens is 1. The summed E-state index contributed by atoms with van der Waals surface area (Å²) >= 11 is 0. The standard InChI is InChI=1S/C7H12N2.C2H4O2/c1-4-7-5-9(3)6(2)8-7;1-2(3)4/h5H,4H2,1-3H3;1H3,(H,3,4). The lowest BCUT2D eigenvalue weighted by atomic mass is 10.4. The topological polar surface area (TPSA) is 59.8 Å². The van der Waals surface area contributed by atoms with Gasteiger partial charge in [-0.1, -0.05) is 6.92 Å². The van der Waals surface area contributed by atoms with Crippen LogP contribution in [0.15, 0.2) is 6.20 Å². The molecule has 1 N–H and O–H groups in total. The number of aromatic amines is 1. The average Bonchev–Trinajstić information content (AvgIpc) is 2.30. The highest BCUT2D eigenvalue weighted by molar-refractivity contribution is 5.60. The Kier molecular flexibility index (Phi) is 4.80. The van der Waals surface area contributed by atoms with E-state index in [1.54, 1.807) is 0 Å². The van der Waals surface area contributed by atoms with E-state index in [2.05, 4.69) is 29.6 Å². The Morgan fingerprint density at radius 1 is 1.69 bits per heavy atom. The van der Waals surface area contributed by atoms with Crippen LogP contribution in [0.5, 0.6) is 0 Å². The molecule has 1 aromatic heterocycles. The SMILES string of the molecule is CC(=O)[O-].CCc1c[n+](C)c(C)[nH]1. The summed E-state index contributed by atoms with van der Waals surface area (Å²) < 4.78 is 2.10. The van der Waals surface area contributed by atoms with Crippen LogP contribution in [0.3, 0.4) is 0 Å². The monoisotopic (exact) mass is 184 g/mol. The molecule has 0 unspecified atom stereocenters. The van der Waals surface area contributed by atoms with Gasteiger partial charge in [-0.15, -0.1) is 0 Å². The van der Waals surface area contributed by atoms with Gasteiger partial charge in [-0.25, -0.2) is 9.55 Å². The van der Waals surface area contributed by atoms with Crippen LogP contribution in [0.1, 0.15) is 25.4 Å². The quantitative estimate of drug-likeness (QED) is 0.596. The molecule has 0 saturated carbocycles. The molecule has 0 fully saturated rings. The van der Waals surface area contributed by atoms with Crippen LogP contribution in [0.25, 0.3) is 0 Å². The molecule has 4 nitrogen and oxygen atoms in total. The normalized spacial score (nSPS) is 8.92. The van der Waals surface area contributed by atoms with Gasteiger partial charge in [0.05, 0.1) is 7.05 Å². The average molecular weight is 184 g/mol. The van der Waals surface area contributed by atoms with Gasteiger partial charge in [0.15, 0.2) is 0 Å². The first-order valence-electron chi connectivity index (χ1n) is 4.19. The van der Waals surface area contributed by atoms with Gasteiger partial charge in [0.2, 0.25) is 0 Å². The Balaban J connectivity index is 0.000000310. The zero-order valence-electron chi connectivity index (χ0n) is 8.55. The highest BCUT2D eigenvalue weighted by Crippen LogP contribution is 1.92. The lowest BCUT2D eigenvalue weighted by Crippen LogP contribution is -2.28. The fraction of sp³-hybridized carbons (Fsp3) is 0.556. The summed E-state index contributed by atoms with van der Waals surface area (Å²) in [5, 5.41) is 8.89. The van der Waals surface area contributed by atoms with E-state index in [-0.39, 0.29) is 0 Å². The molecule has 0 aliphatic carbocycles. The smallest absolute Gasteiger partial charge is 0.251 e.